The highest BCUT2D eigenvalue weighted by Crippen LogP contribution is 2.29. The Morgan fingerprint density at radius 2 is 1.84 bits per heavy atom. The second-order valence-corrected chi connectivity index (χ2v) is 6.87. The quantitative estimate of drug-likeness (QED) is 0.543. The highest BCUT2D eigenvalue weighted by molar-refractivity contribution is 6.30. The molecule has 0 bridgehead atoms. The number of halogens is 2. The standard InChI is InChI=1S/C23H17ClFN3O4/c1-31-21-9-7-16(27-22(29)13-32-20-5-3-2-4-14(20)12-26)11-19(21)28-23(30)17-8-6-15(24)10-18(17)25/h2-11H,13H2,1H3,(H,27,29)(H,28,30). The van der Waals surface area contributed by atoms with E-state index in [1.165, 1.54) is 31.4 Å². The van der Waals surface area contributed by atoms with Crippen molar-refractivity contribution in [2.45, 2.75) is 0 Å². The van der Waals surface area contributed by atoms with Gasteiger partial charge in [-0.25, -0.2) is 4.39 Å². The number of hydrogen-bond acceptors (Lipinski definition) is 5. The summed E-state index contributed by atoms with van der Waals surface area (Å²) >= 11 is 5.72. The normalized spacial score (nSPS) is 10.1. The minimum absolute atomic E-state index is 0.168. The number of nitrogens with one attached hydrogen (secondary N) is 2. The Balaban J connectivity index is 1.70. The van der Waals surface area contributed by atoms with Gasteiger partial charge in [0.25, 0.3) is 11.8 Å². The molecule has 0 aliphatic heterocycles. The first-order chi connectivity index (χ1) is 15.4. The zero-order valence-electron chi connectivity index (χ0n) is 16.8. The number of amides is 2. The van der Waals surface area contributed by atoms with Crippen molar-refractivity contribution in [2.24, 2.45) is 0 Å². The first-order valence-electron chi connectivity index (χ1n) is 9.27. The number of benzene rings is 3. The number of rotatable bonds is 7. The molecular formula is C23H17ClFN3O4. The number of ether oxygens (including phenoxy) is 2. The second kappa shape index (κ2) is 10.3. The largest absolute Gasteiger partial charge is 0.495 e. The van der Waals surface area contributed by atoms with E-state index in [-0.39, 0.29) is 28.6 Å². The Kier molecular flexibility index (Phi) is 7.26. The molecule has 0 saturated carbocycles. The van der Waals surface area contributed by atoms with Gasteiger partial charge in [-0.1, -0.05) is 23.7 Å². The first-order valence-corrected chi connectivity index (χ1v) is 9.65. The monoisotopic (exact) mass is 453 g/mol. The lowest BCUT2D eigenvalue weighted by Gasteiger charge is -2.13. The van der Waals surface area contributed by atoms with Crippen LogP contribution in [-0.2, 0) is 4.79 Å². The van der Waals surface area contributed by atoms with Gasteiger partial charge in [-0.05, 0) is 48.5 Å². The lowest BCUT2D eigenvalue weighted by atomic mass is 10.2. The van der Waals surface area contributed by atoms with Crippen LogP contribution in [0.25, 0.3) is 0 Å². The van der Waals surface area contributed by atoms with Gasteiger partial charge in [0, 0.05) is 10.7 Å². The molecule has 32 heavy (non-hydrogen) atoms. The topological polar surface area (TPSA) is 100 Å². The number of nitrogens with zero attached hydrogens (tertiary/aromatic N) is 1. The van der Waals surface area contributed by atoms with Crippen LogP contribution in [0.2, 0.25) is 5.02 Å². The fourth-order valence-corrected chi connectivity index (χ4v) is 2.93. The van der Waals surface area contributed by atoms with E-state index in [1.54, 1.807) is 30.3 Å². The molecule has 3 rings (SSSR count). The number of methoxy groups -OCH3 is 1. The van der Waals surface area contributed by atoms with Crippen molar-refractivity contribution in [1.29, 1.82) is 5.26 Å². The molecule has 0 radical (unpaired) electrons. The van der Waals surface area contributed by atoms with Gasteiger partial charge in [-0.3, -0.25) is 9.59 Å². The van der Waals surface area contributed by atoms with Crippen molar-refractivity contribution in [3.8, 4) is 17.6 Å². The van der Waals surface area contributed by atoms with E-state index in [1.807, 2.05) is 6.07 Å². The summed E-state index contributed by atoms with van der Waals surface area (Å²) in [7, 11) is 1.41. The van der Waals surface area contributed by atoms with E-state index >= 15 is 0 Å². The maximum Gasteiger partial charge on any atom is 0.262 e. The van der Waals surface area contributed by atoms with Crippen LogP contribution in [-0.4, -0.2) is 25.5 Å². The first kappa shape index (κ1) is 22.6. The van der Waals surface area contributed by atoms with Crippen LogP contribution >= 0.6 is 11.6 Å². The fourth-order valence-electron chi connectivity index (χ4n) is 2.77. The summed E-state index contributed by atoms with van der Waals surface area (Å²) in [5.74, 6) is -1.36. The van der Waals surface area contributed by atoms with Crippen LogP contribution in [0.3, 0.4) is 0 Å². The molecule has 3 aromatic rings. The minimum Gasteiger partial charge on any atom is -0.495 e. The Morgan fingerprint density at radius 1 is 1.06 bits per heavy atom. The fraction of sp³-hybridized carbons (Fsp3) is 0.0870. The summed E-state index contributed by atoms with van der Waals surface area (Å²) in [6, 6.07) is 16.8. The summed E-state index contributed by atoms with van der Waals surface area (Å²) in [4.78, 5) is 24.8. The minimum atomic E-state index is -0.770. The van der Waals surface area contributed by atoms with Crippen molar-refractivity contribution in [1.82, 2.24) is 0 Å². The van der Waals surface area contributed by atoms with Crippen molar-refractivity contribution in [2.75, 3.05) is 24.4 Å². The number of hydrogen-bond donors (Lipinski definition) is 2. The summed E-state index contributed by atoms with van der Waals surface area (Å²) in [6.07, 6.45) is 0. The van der Waals surface area contributed by atoms with Crippen molar-refractivity contribution < 1.29 is 23.5 Å². The molecule has 0 saturated heterocycles. The van der Waals surface area contributed by atoms with Crippen LogP contribution in [0.15, 0.2) is 60.7 Å². The van der Waals surface area contributed by atoms with Crippen LogP contribution in [0.5, 0.6) is 11.5 Å². The van der Waals surface area contributed by atoms with Gasteiger partial charge in [0.2, 0.25) is 0 Å². The maximum atomic E-state index is 14.0. The molecule has 2 N–H and O–H groups in total. The summed E-state index contributed by atoms with van der Waals surface area (Å²) in [5, 5.41) is 14.4. The number of nitriles is 1. The highest BCUT2D eigenvalue weighted by Gasteiger charge is 2.16. The van der Waals surface area contributed by atoms with E-state index in [0.717, 1.165) is 6.07 Å². The SMILES string of the molecule is COc1ccc(NC(=O)COc2ccccc2C#N)cc1NC(=O)c1ccc(Cl)cc1F. The molecule has 0 spiro atoms. The number of carbonyl (C=O) groups is 2. The van der Waals surface area contributed by atoms with Gasteiger partial charge >= 0.3 is 0 Å². The molecule has 0 aliphatic carbocycles. The summed E-state index contributed by atoms with van der Waals surface area (Å²) in [5.41, 5.74) is 0.680. The lowest BCUT2D eigenvalue weighted by molar-refractivity contribution is -0.118. The smallest absolute Gasteiger partial charge is 0.262 e. The van der Waals surface area contributed by atoms with Crippen LogP contribution in [0, 0.1) is 17.1 Å². The van der Waals surface area contributed by atoms with Gasteiger partial charge in [0.05, 0.1) is 23.9 Å². The van der Waals surface area contributed by atoms with Crippen molar-refractivity contribution >= 4 is 34.8 Å². The average molecular weight is 454 g/mol. The zero-order valence-corrected chi connectivity index (χ0v) is 17.6. The third-order valence-corrected chi connectivity index (χ3v) is 4.51. The average Bonchev–Trinajstić information content (AvgIpc) is 2.78. The van der Waals surface area contributed by atoms with Gasteiger partial charge in [-0.15, -0.1) is 0 Å². The van der Waals surface area contributed by atoms with Crippen LogP contribution in [0.1, 0.15) is 15.9 Å². The van der Waals surface area contributed by atoms with E-state index in [2.05, 4.69) is 10.6 Å². The molecule has 0 heterocycles. The van der Waals surface area contributed by atoms with Crippen molar-refractivity contribution in [3.05, 3.63) is 82.6 Å². The molecule has 3 aromatic carbocycles. The molecule has 0 atom stereocenters. The van der Waals surface area contributed by atoms with E-state index in [4.69, 9.17) is 26.3 Å². The molecular weight excluding hydrogens is 437 g/mol. The zero-order chi connectivity index (χ0) is 23.1. The Hall–Kier alpha value is -4.09. The van der Waals surface area contributed by atoms with E-state index in [9.17, 15) is 14.0 Å². The Morgan fingerprint density at radius 3 is 2.56 bits per heavy atom. The molecule has 0 fully saturated rings. The number of anilines is 2. The Bertz CT molecular complexity index is 1210. The lowest BCUT2D eigenvalue weighted by Crippen LogP contribution is -2.20. The summed E-state index contributed by atoms with van der Waals surface area (Å²) < 4.78 is 24.7. The van der Waals surface area contributed by atoms with Crippen LogP contribution in [0.4, 0.5) is 15.8 Å². The van der Waals surface area contributed by atoms with Gasteiger partial charge < -0.3 is 20.1 Å². The molecule has 0 unspecified atom stereocenters. The second-order valence-electron chi connectivity index (χ2n) is 6.44. The third kappa shape index (κ3) is 5.53. The number of para-hydroxylation sites is 1. The van der Waals surface area contributed by atoms with E-state index < -0.39 is 17.6 Å². The molecule has 0 aromatic heterocycles. The van der Waals surface area contributed by atoms with E-state index in [0.29, 0.717) is 17.0 Å². The Labute approximate surface area is 188 Å². The molecule has 7 nitrogen and oxygen atoms in total. The molecule has 2 amide bonds. The predicted molar refractivity (Wildman–Crippen MR) is 118 cm³/mol. The predicted octanol–water partition coefficient (Wildman–Crippen LogP) is 4.63. The van der Waals surface area contributed by atoms with Crippen molar-refractivity contribution in [3.63, 3.8) is 0 Å². The van der Waals surface area contributed by atoms with Gasteiger partial charge in [-0.2, -0.15) is 5.26 Å². The third-order valence-electron chi connectivity index (χ3n) is 4.27. The molecule has 0 aliphatic rings. The molecule has 162 valence electrons. The highest BCUT2D eigenvalue weighted by atomic mass is 35.5. The maximum absolute atomic E-state index is 14.0. The summed E-state index contributed by atoms with van der Waals surface area (Å²) in [6.45, 7) is -0.331. The van der Waals surface area contributed by atoms with Gasteiger partial charge in [0.1, 0.15) is 23.4 Å². The van der Waals surface area contributed by atoms with Gasteiger partial charge in [0.15, 0.2) is 6.61 Å². The number of carbonyl (C=O) groups excluding carboxylic acids is 2. The molecule has 9 heteroatoms. The van der Waals surface area contributed by atoms with Crippen LogP contribution < -0.4 is 20.1 Å².